The molecule has 0 saturated carbocycles. The fraction of sp³-hybridized carbons (Fsp3) is 0.500. The van der Waals surface area contributed by atoms with Gasteiger partial charge in [0.05, 0.1) is 13.2 Å². The van der Waals surface area contributed by atoms with Gasteiger partial charge >= 0.3 is 5.69 Å². The second kappa shape index (κ2) is 11.2. The molecule has 2 aromatic rings. The van der Waals surface area contributed by atoms with E-state index in [9.17, 15) is 19.2 Å². The van der Waals surface area contributed by atoms with E-state index >= 15 is 0 Å². The smallest absolute Gasteiger partial charge is 0.330 e. The molecule has 11 nitrogen and oxygen atoms in total. The lowest BCUT2D eigenvalue weighted by molar-refractivity contribution is -0.117. The molecule has 1 aliphatic heterocycles. The number of hydrogen-bond acceptors (Lipinski definition) is 7. The average Bonchev–Trinajstić information content (AvgIpc) is 3.23. The monoisotopic (exact) mass is 486 g/mol. The van der Waals surface area contributed by atoms with Crippen LogP contribution in [0.3, 0.4) is 0 Å². The first kappa shape index (κ1) is 26.0. The Morgan fingerprint density at radius 1 is 1.29 bits per heavy atom. The van der Waals surface area contributed by atoms with Crippen molar-refractivity contribution in [1.29, 1.82) is 0 Å². The summed E-state index contributed by atoms with van der Waals surface area (Å²) < 4.78 is 6.40. The number of benzene rings is 1. The van der Waals surface area contributed by atoms with Crippen molar-refractivity contribution in [2.75, 3.05) is 54.2 Å². The number of nitrogens with one attached hydrogen (secondary N) is 2. The van der Waals surface area contributed by atoms with E-state index < -0.39 is 17.2 Å². The number of amides is 2. The second-order valence-corrected chi connectivity index (χ2v) is 8.99. The zero-order chi connectivity index (χ0) is 25.7. The maximum Gasteiger partial charge on any atom is 0.330 e. The van der Waals surface area contributed by atoms with Gasteiger partial charge in [-0.2, -0.15) is 0 Å². The molecule has 0 radical (unpaired) electrons. The predicted molar refractivity (Wildman–Crippen MR) is 136 cm³/mol. The highest BCUT2D eigenvalue weighted by molar-refractivity contribution is 5.99. The Morgan fingerprint density at radius 2 is 2.03 bits per heavy atom. The van der Waals surface area contributed by atoms with Gasteiger partial charge in [-0.1, -0.05) is 19.9 Å². The van der Waals surface area contributed by atoms with Gasteiger partial charge in [-0.3, -0.25) is 23.9 Å². The quantitative estimate of drug-likeness (QED) is 0.459. The number of aromatic nitrogens is 2. The number of nitrogens with two attached hydrogens (primary N) is 1. The average molecular weight is 487 g/mol. The van der Waals surface area contributed by atoms with Gasteiger partial charge in [0.1, 0.15) is 5.82 Å². The van der Waals surface area contributed by atoms with E-state index in [1.807, 2.05) is 39.0 Å². The van der Waals surface area contributed by atoms with Gasteiger partial charge < -0.3 is 25.6 Å². The molecule has 1 aromatic heterocycles. The molecule has 1 fully saturated rings. The predicted octanol–water partition coefficient (Wildman–Crippen LogP) is 1.30. The third kappa shape index (κ3) is 5.73. The van der Waals surface area contributed by atoms with Gasteiger partial charge in [0.25, 0.3) is 5.56 Å². The van der Waals surface area contributed by atoms with E-state index in [4.69, 9.17) is 10.5 Å². The standard InChI is InChI=1S/C24H34N6O5/c1-15(2)14-30-22(25)21(23(33)27-24(30)34)29(11-12-35-4)20(32)13-26-17-7-5-8-18(16(17)3)28-10-6-9-19(28)31/h5,7-8,15,26H,6,9-14,25H2,1-4H3,(H,27,33,34). The minimum atomic E-state index is -0.734. The number of ether oxygens (including phenoxy) is 1. The van der Waals surface area contributed by atoms with Crippen LogP contribution in [-0.4, -0.2) is 54.7 Å². The highest BCUT2D eigenvalue weighted by Crippen LogP contribution is 2.30. The molecule has 4 N–H and O–H groups in total. The number of nitrogen functional groups attached to an aromatic ring is 1. The maximum absolute atomic E-state index is 13.3. The lowest BCUT2D eigenvalue weighted by Crippen LogP contribution is -2.44. The zero-order valence-electron chi connectivity index (χ0n) is 20.7. The van der Waals surface area contributed by atoms with Gasteiger partial charge in [0.2, 0.25) is 11.8 Å². The highest BCUT2D eigenvalue weighted by atomic mass is 16.5. The highest BCUT2D eigenvalue weighted by Gasteiger charge is 2.26. The van der Waals surface area contributed by atoms with Gasteiger partial charge in [0, 0.05) is 44.5 Å². The molecule has 0 unspecified atom stereocenters. The van der Waals surface area contributed by atoms with Crippen molar-refractivity contribution in [2.45, 2.75) is 40.2 Å². The maximum atomic E-state index is 13.3. The van der Waals surface area contributed by atoms with Crippen LogP contribution in [0.4, 0.5) is 22.9 Å². The summed E-state index contributed by atoms with van der Waals surface area (Å²) in [6.07, 6.45) is 1.34. The molecule has 35 heavy (non-hydrogen) atoms. The Bertz CT molecular complexity index is 1200. The number of hydrogen-bond donors (Lipinski definition) is 3. The molecule has 11 heteroatoms. The van der Waals surface area contributed by atoms with E-state index in [-0.39, 0.29) is 43.0 Å². The number of H-pyrrole nitrogens is 1. The van der Waals surface area contributed by atoms with E-state index in [0.717, 1.165) is 17.7 Å². The summed E-state index contributed by atoms with van der Waals surface area (Å²) in [6, 6.07) is 5.54. The molecule has 0 aliphatic carbocycles. The molecular weight excluding hydrogens is 452 g/mol. The molecule has 0 bridgehead atoms. The van der Waals surface area contributed by atoms with Crippen LogP contribution in [0.1, 0.15) is 32.3 Å². The van der Waals surface area contributed by atoms with Gasteiger partial charge in [0.15, 0.2) is 5.69 Å². The second-order valence-electron chi connectivity index (χ2n) is 8.99. The minimum absolute atomic E-state index is 0.0670. The third-order valence-electron chi connectivity index (χ3n) is 5.95. The topological polar surface area (TPSA) is 143 Å². The van der Waals surface area contributed by atoms with E-state index in [0.29, 0.717) is 25.2 Å². The molecule has 0 spiro atoms. The molecular formula is C24H34N6O5. The van der Waals surface area contributed by atoms with Crippen LogP contribution in [0.25, 0.3) is 0 Å². The van der Waals surface area contributed by atoms with E-state index in [2.05, 4.69) is 10.3 Å². The Hall–Kier alpha value is -3.60. The largest absolute Gasteiger partial charge is 0.383 e. The molecule has 1 aromatic carbocycles. The van der Waals surface area contributed by atoms with Crippen molar-refractivity contribution >= 4 is 34.7 Å². The van der Waals surface area contributed by atoms with Crippen LogP contribution >= 0.6 is 0 Å². The fourth-order valence-electron chi connectivity index (χ4n) is 4.20. The Labute approximate surface area is 203 Å². The van der Waals surface area contributed by atoms with Crippen molar-refractivity contribution in [1.82, 2.24) is 9.55 Å². The molecule has 2 heterocycles. The third-order valence-corrected chi connectivity index (χ3v) is 5.95. The summed E-state index contributed by atoms with van der Waals surface area (Å²) in [4.78, 5) is 55.8. The van der Waals surface area contributed by atoms with Crippen molar-refractivity contribution in [3.63, 3.8) is 0 Å². The van der Waals surface area contributed by atoms with Crippen LogP contribution in [0, 0.1) is 12.8 Å². The first-order valence-electron chi connectivity index (χ1n) is 11.7. The minimum Gasteiger partial charge on any atom is -0.383 e. The van der Waals surface area contributed by atoms with E-state index in [1.165, 1.54) is 16.6 Å². The van der Waals surface area contributed by atoms with Crippen LogP contribution in [0.2, 0.25) is 0 Å². The number of methoxy groups -OCH3 is 1. The van der Waals surface area contributed by atoms with Gasteiger partial charge in [-0.15, -0.1) is 0 Å². The summed E-state index contributed by atoms with van der Waals surface area (Å²) in [6.45, 7) is 6.79. The number of nitrogens with zero attached hydrogens (tertiary/aromatic N) is 3. The normalized spacial score (nSPS) is 13.5. The fourth-order valence-corrected chi connectivity index (χ4v) is 4.20. The summed E-state index contributed by atoms with van der Waals surface area (Å²) in [5.41, 5.74) is 7.15. The zero-order valence-corrected chi connectivity index (χ0v) is 20.7. The first-order chi connectivity index (χ1) is 16.6. The molecule has 3 rings (SSSR count). The van der Waals surface area contributed by atoms with Gasteiger partial charge in [-0.05, 0) is 37.0 Å². The number of carbonyl (C=O) groups excluding carboxylic acids is 2. The Kier molecular flexibility index (Phi) is 8.34. The Balaban J connectivity index is 1.88. The van der Waals surface area contributed by atoms with Crippen molar-refractivity contribution in [3.8, 4) is 0 Å². The lowest BCUT2D eigenvalue weighted by Gasteiger charge is -2.25. The summed E-state index contributed by atoms with van der Waals surface area (Å²) in [5, 5.41) is 3.12. The molecule has 1 saturated heterocycles. The van der Waals surface area contributed by atoms with Crippen molar-refractivity contribution in [3.05, 3.63) is 44.6 Å². The van der Waals surface area contributed by atoms with E-state index in [1.54, 1.807) is 4.90 Å². The lowest BCUT2D eigenvalue weighted by atomic mass is 10.1. The van der Waals surface area contributed by atoms with Crippen molar-refractivity contribution < 1.29 is 14.3 Å². The molecule has 2 amide bonds. The summed E-state index contributed by atoms with van der Waals surface area (Å²) in [5.74, 6) is -0.312. The summed E-state index contributed by atoms with van der Waals surface area (Å²) >= 11 is 0. The molecule has 0 atom stereocenters. The van der Waals surface area contributed by atoms with Crippen LogP contribution in [0.5, 0.6) is 0 Å². The van der Waals surface area contributed by atoms with Crippen LogP contribution in [0.15, 0.2) is 27.8 Å². The van der Waals surface area contributed by atoms with Crippen LogP contribution in [-0.2, 0) is 20.9 Å². The van der Waals surface area contributed by atoms with Crippen molar-refractivity contribution in [2.24, 2.45) is 5.92 Å². The summed E-state index contributed by atoms with van der Waals surface area (Å²) in [7, 11) is 1.49. The number of aromatic amines is 1. The van der Waals surface area contributed by atoms with Crippen LogP contribution < -0.4 is 32.1 Å². The molecule has 190 valence electrons. The number of carbonyl (C=O) groups is 2. The first-order valence-corrected chi connectivity index (χ1v) is 11.7. The Morgan fingerprint density at radius 3 is 2.66 bits per heavy atom. The number of rotatable bonds is 10. The van der Waals surface area contributed by atoms with Gasteiger partial charge in [-0.25, -0.2) is 4.79 Å². The SMILES string of the molecule is COCCN(C(=O)CNc1cccc(N2CCCC2=O)c1C)c1c(N)n(CC(C)C)c(=O)[nH]c1=O. The number of anilines is 4. The molecule has 1 aliphatic rings.